The molecule has 0 bridgehead atoms. The lowest BCUT2D eigenvalue weighted by atomic mass is 10.1. The Kier molecular flexibility index (Phi) is 3.33. The Hall–Kier alpha value is -1.83. The van der Waals surface area contributed by atoms with Crippen molar-refractivity contribution < 1.29 is 23.6 Å². The molecule has 0 aliphatic heterocycles. The summed E-state index contributed by atoms with van der Waals surface area (Å²) >= 11 is 5.30. The summed E-state index contributed by atoms with van der Waals surface area (Å²) < 4.78 is 25.0. The van der Waals surface area contributed by atoms with Crippen molar-refractivity contribution >= 4 is 23.4 Å². The van der Waals surface area contributed by atoms with Crippen molar-refractivity contribution in [2.45, 2.75) is 6.43 Å². The number of hydrogen-bond donors (Lipinski definition) is 1. The third-order valence-electron chi connectivity index (χ3n) is 1.66. The van der Waals surface area contributed by atoms with E-state index in [9.17, 15) is 23.7 Å². The SMILES string of the molecule is O=C(O)c1cnc([N+](=O)[O-])c(Cl)c1C(F)F. The van der Waals surface area contributed by atoms with E-state index < -0.39 is 39.3 Å². The highest BCUT2D eigenvalue weighted by atomic mass is 35.5. The minimum absolute atomic E-state index is 0.480. The Balaban J connectivity index is 3.54. The maximum Gasteiger partial charge on any atom is 0.382 e. The third-order valence-corrected chi connectivity index (χ3v) is 2.03. The molecule has 0 fully saturated rings. The minimum atomic E-state index is -3.24. The number of nitrogens with zero attached hydrogens (tertiary/aromatic N) is 2. The number of rotatable bonds is 3. The average Bonchev–Trinajstić information content (AvgIpc) is 2.15. The standard InChI is InChI=1S/C7H3ClF2N2O4/c8-4-3(5(9)10)2(7(13)14)1-11-6(4)12(15)16/h1,5H,(H,13,14). The molecular weight excluding hydrogens is 250 g/mol. The first-order valence-corrected chi connectivity index (χ1v) is 4.08. The van der Waals surface area contributed by atoms with Crippen LogP contribution < -0.4 is 0 Å². The van der Waals surface area contributed by atoms with Crippen molar-refractivity contribution in [3.63, 3.8) is 0 Å². The molecule has 0 atom stereocenters. The minimum Gasteiger partial charge on any atom is -0.478 e. The summed E-state index contributed by atoms with van der Waals surface area (Å²) in [6.07, 6.45) is -2.76. The van der Waals surface area contributed by atoms with Gasteiger partial charge in [-0.1, -0.05) is 11.6 Å². The van der Waals surface area contributed by atoms with Crippen LogP contribution in [0.5, 0.6) is 0 Å². The molecule has 16 heavy (non-hydrogen) atoms. The van der Waals surface area contributed by atoms with Gasteiger partial charge in [0.25, 0.3) is 6.43 Å². The zero-order valence-electron chi connectivity index (χ0n) is 7.35. The van der Waals surface area contributed by atoms with E-state index in [0.29, 0.717) is 6.20 Å². The molecule has 0 aromatic carbocycles. The lowest BCUT2D eigenvalue weighted by Crippen LogP contribution is -2.07. The molecule has 9 heteroatoms. The second kappa shape index (κ2) is 4.35. The molecule has 0 spiro atoms. The number of carboxylic acid groups (broad SMARTS) is 1. The van der Waals surface area contributed by atoms with E-state index in [0.717, 1.165) is 0 Å². The van der Waals surface area contributed by atoms with Gasteiger partial charge in [0.05, 0.1) is 5.56 Å². The molecular formula is C7H3ClF2N2O4. The Morgan fingerprint density at radius 3 is 2.56 bits per heavy atom. The van der Waals surface area contributed by atoms with Crippen molar-refractivity contribution in [1.29, 1.82) is 0 Å². The first-order chi connectivity index (χ1) is 7.36. The largest absolute Gasteiger partial charge is 0.478 e. The van der Waals surface area contributed by atoms with E-state index in [2.05, 4.69) is 4.98 Å². The quantitative estimate of drug-likeness (QED) is 0.658. The first-order valence-electron chi connectivity index (χ1n) is 3.70. The number of aromatic nitrogens is 1. The number of nitro groups is 1. The van der Waals surface area contributed by atoms with Gasteiger partial charge < -0.3 is 15.2 Å². The fourth-order valence-corrected chi connectivity index (χ4v) is 1.30. The predicted molar refractivity (Wildman–Crippen MR) is 47.8 cm³/mol. The second-order valence-electron chi connectivity index (χ2n) is 2.59. The molecule has 1 aromatic heterocycles. The van der Waals surface area contributed by atoms with Gasteiger partial charge in [-0.15, -0.1) is 0 Å². The molecule has 1 heterocycles. The van der Waals surface area contributed by atoms with Crippen LogP contribution in [-0.2, 0) is 0 Å². The zero-order valence-corrected chi connectivity index (χ0v) is 8.11. The Morgan fingerprint density at radius 2 is 2.19 bits per heavy atom. The van der Waals surface area contributed by atoms with Crippen LogP contribution in [0.15, 0.2) is 6.20 Å². The Labute approximate surface area is 91.6 Å². The lowest BCUT2D eigenvalue weighted by Gasteiger charge is -2.05. The third kappa shape index (κ3) is 2.06. The van der Waals surface area contributed by atoms with E-state index in [4.69, 9.17) is 16.7 Å². The zero-order chi connectivity index (χ0) is 12.5. The fourth-order valence-electron chi connectivity index (χ4n) is 1.00. The highest BCUT2D eigenvalue weighted by Gasteiger charge is 2.29. The highest BCUT2D eigenvalue weighted by molar-refractivity contribution is 6.33. The highest BCUT2D eigenvalue weighted by Crippen LogP contribution is 2.35. The summed E-state index contributed by atoms with van der Waals surface area (Å²) in [5.41, 5.74) is -1.96. The van der Waals surface area contributed by atoms with E-state index in [1.54, 1.807) is 0 Å². The summed E-state index contributed by atoms with van der Waals surface area (Å²) in [5.74, 6) is -2.68. The van der Waals surface area contributed by atoms with Crippen molar-refractivity contribution in [2.75, 3.05) is 0 Å². The van der Waals surface area contributed by atoms with Crippen LogP contribution in [0.3, 0.4) is 0 Å². The molecule has 0 saturated carbocycles. The van der Waals surface area contributed by atoms with Crippen LogP contribution in [0.1, 0.15) is 22.3 Å². The van der Waals surface area contributed by atoms with E-state index in [1.807, 2.05) is 0 Å². The molecule has 1 N–H and O–H groups in total. The van der Waals surface area contributed by atoms with Crippen LogP contribution in [0.2, 0.25) is 5.02 Å². The number of hydrogen-bond acceptors (Lipinski definition) is 4. The molecule has 0 radical (unpaired) electrons. The van der Waals surface area contributed by atoms with Gasteiger partial charge in [0.2, 0.25) is 0 Å². The number of halogens is 3. The summed E-state index contributed by atoms with van der Waals surface area (Å²) in [6.45, 7) is 0. The van der Waals surface area contributed by atoms with Crippen molar-refractivity contribution in [3.8, 4) is 0 Å². The van der Waals surface area contributed by atoms with Gasteiger partial charge in [0.15, 0.2) is 6.20 Å². The topological polar surface area (TPSA) is 93.3 Å². The van der Waals surface area contributed by atoms with E-state index >= 15 is 0 Å². The van der Waals surface area contributed by atoms with Gasteiger partial charge in [0, 0.05) is 0 Å². The van der Waals surface area contributed by atoms with Gasteiger partial charge in [0.1, 0.15) is 10.6 Å². The van der Waals surface area contributed by atoms with Crippen LogP contribution in [-0.4, -0.2) is 21.0 Å². The number of carbonyl (C=O) groups is 1. The molecule has 0 saturated heterocycles. The summed E-state index contributed by atoms with van der Waals surface area (Å²) in [4.78, 5) is 22.9. The summed E-state index contributed by atoms with van der Waals surface area (Å²) in [6, 6.07) is 0. The van der Waals surface area contributed by atoms with Crippen LogP contribution in [0.4, 0.5) is 14.6 Å². The molecule has 86 valence electrons. The normalized spacial score (nSPS) is 10.5. The lowest BCUT2D eigenvalue weighted by molar-refractivity contribution is -0.389. The number of alkyl halides is 2. The van der Waals surface area contributed by atoms with E-state index in [-0.39, 0.29) is 0 Å². The smallest absolute Gasteiger partial charge is 0.382 e. The maximum atomic E-state index is 12.5. The van der Waals surface area contributed by atoms with Gasteiger partial charge in [-0.3, -0.25) is 0 Å². The van der Waals surface area contributed by atoms with Gasteiger partial charge >= 0.3 is 11.8 Å². The maximum absolute atomic E-state index is 12.5. The van der Waals surface area contributed by atoms with Gasteiger partial charge in [-0.05, 0) is 9.91 Å². The fraction of sp³-hybridized carbons (Fsp3) is 0.143. The number of carboxylic acids is 1. The van der Waals surface area contributed by atoms with Gasteiger partial charge in [-0.2, -0.15) is 0 Å². The van der Waals surface area contributed by atoms with E-state index in [1.165, 1.54) is 0 Å². The molecule has 1 rings (SSSR count). The average molecular weight is 253 g/mol. The summed E-state index contributed by atoms with van der Waals surface area (Å²) in [7, 11) is 0. The van der Waals surface area contributed by atoms with Gasteiger partial charge in [-0.25, -0.2) is 13.6 Å². The molecule has 0 amide bonds. The Morgan fingerprint density at radius 1 is 1.62 bits per heavy atom. The molecule has 6 nitrogen and oxygen atoms in total. The number of aromatic carboxylic acids is 1. The van der Waals surface area contributed by atoms with Crippen LogP contribution >= 0.6 is 11.6 Å². The number of pyridine rings is 1. The van der Waals surface area contributed by atoms with Crippen molar-refractivity contribution in [1.82, 2.24) is 4.98 Å². The Bertz CT molecular complexity index is 466. The van der Waals surface area contributed by atoms with Crippen molar-refractivity contribution in [3.05, 3.63) is 32.5 Å². The predicted octanol–water partition coefficient (Wildman–Crippen LogP) is 2.28. The molecule has 1 aromatic rings. The second-order valence-corrected chi connectivity index (χ2v) is 2.96. The van der Waals surface area contributed by atoms with Crippen molar-refractivity contribution in [2.24, 2.45) is 0 Å². The molecule has 0 aliphatic rings. The summed E-state index contributed by atoms with van der Waals surface area (Å²) in [5, 5.41) is 18.0. The first kappa shape index (κ1) is 12.2. The molecule has 0 unspecified atom stereocenters. The van der Waals surface area contributed by atoms with Crippen LogP contribution in [0, 0.1) is 10.1 Å². The monoisotopic (exact) mass is 252 g/mol. The molecule has 0 aliphatic carbocycles. The van der Waals surface area contributed by atoms with Crippen LogP contribution in [0.25, 0.3) is 0 Å².